The zero-order chi connectivity index (χ0) is 19.5. The van der Waals surface area contributed by atoms with Crippen molar-refractivity contribution < 1.29 is 14.3 Å². The van der Waals surface area contributed by atoms with Crippen molar-refractivity contribution in [3.05, 3.63) is 71.8 Å². The van der Waals surface area contributed by atoms with Crippen LogP contribution in [0.3, 0.4) is 0 Å². The van der Waals surface area contributed by atoms with E-state index in [2.05, 4.69) is 5.32 Å². The van der Waals surface area contributed by atoms with Crippen molar-refractivity contribution in [1.82, 2.24) is 10.2 Å². The first-order valence-corrected chi connectivity index (χ1v) is 9.32. The van der Waals surface area contributed by atoms with Gasteiger partial charge in [-0.15, -0.1) is 0 Å². The third-order valence-electron chi connectivity index (χ3n) is 4.26. The highest BCUT2D eigenvalue weighted by Crippen LogP contribution is 2.24. The minimum absolute atomic E-state index is 0.0305. The van der Waals surface area contributed by atoms with E-state index in [1.165, 1.54) is 0 Å². The van der Waals surface area contributed by atoms with E-state index >= 15 is 0 Å². The Balaban J connectivity index is 2.35. The third-order valence-corrected chi connectivity index (χ3v) is 4.26. The van der Waals surface area contributed by atoms with Crippen LogP contribution in [-0.4, -0.2) is 37.0 Å². The Kier molecular flexibility index (Phi) is 8.52. The Bertz CT molecular complexity index is 704. The molecule has 0 saturated heterocycles. The van der Waals surface area contributed by atoms with Gasteiger partial charge in [0.15, 0.2) is 0 Å². The van der Waals surface area contributed by atoms with Gasteiger partial charge in [0.05, 0.1) is 6.61 Å². The van der Waals surface area contributed by atoms with Crippen LogP contribution in [0, 0.1) is 0 Å². The molecule has 0 unspecified atom stereocenters. The summed E-state index contributed by atoms with van der Waals surface area (Å²) in [5, 5.41) is 2.89. The molecule has 144 valence electrons. The molecule has 0 bridgehead atoms. The molecule has 2 aromatic rings. The van der Waals surface area contributed by atoms with Crippen molar-refractivity contribution in [3.8, 4) is 0 Å². The number of rotatable bonds is 10. The highest BCUT2D eigenvalue weighted by molar-refractivity contribution is 5.88. The van der Waals surface area contributed by atoms with Crippen LogP contribution in [0.5, 0.6) is 0 Å². The van der Waals surface area contributed by atoms with Crippen molar-refractivity contribution in [2.24, 2.45) is 0 Å². The van der Waals surface area contributed by atoms with Gasteiger partial charge in [-0.25, -0.2) is 0 Å². The molecule has 2 rings (SSSR count). The fourth-order valence-electron chi connectivity index (χ4n) is 2.94. The standard InChI is InChI=1S/C22H28N2O3/c1-3-10-20(25)24(17-18-11-6-4-7-12-18)21(19-13-8-5-9-14-19)22(26)23-15-16-27-2/h4-9,11-14,21H,3,10,15-17H2,1-2H3,(H,23,26)/t21-/m0/s1. The second kappa shape index (κ2) is 11.1. The number of hydrogen-bond donors (Lipinski definition) is 1. The topological polar surface area (TPSA) is 58.6 Å². The van der Waals surface area contributed by atoms with E-state index in [1.807, 2.05) is 67.6 Å². The first-order chi connectivity index (χ1) is 13.2. The molecule has 1 N–H and O–H groups in total. The Morgan fingerprint density at radius 3 is 2.26 bits per heavy atom. The number of nitrogens with zero attached hydrogens (tertiary/aromatic N) is 1. The van der Waals surface area contributed by atoms with Crippen LogP contribution in [0.1, 0.15) is 36.9 Å². The van der Waals surface area contributed by atoms with E-state index in [9.17, 15) is 9.59 Å². The number of hydrogen-bond acceptors (Lipinski definition) is 3. The second-order valence-corrected chi connectivity index (χ2v) is 6.35. The van der Waals surface area contributed by atoms with Crippen LogP contribution in [0.4, 0.5) is 0 Å². The number of ether oxygens (including phenoxy) is 1. The smallest absolute Gasteiger partial charge is 0.247 e. The average molecular weight is 368 g/mol. The summed E-state index contributed by atoms with van der Waals surface area (Å²) in [6.07, 6.45) is 1.14. The molecule has 0 fully saturated rings. The molecule has 0 spiro atoms. The number of benzene rings is 2. The number of carbonyl (C=O) groups excluding carboxylic acids is 2. The fourth-order valence-corrected chi connectivity index (χ4v) is 2.94. The van der Waals surface area contributed by atoms with Gasteiger partial charge >= 0.3 is 0 Å². The highest BCUT2D eigenvalue weighted by Gasteiger charge is 2.30. The summed E-state index contributed by atoms with van der Waals surface area (Å²) in [6, 6.07) is 18.5. The fraction of sp³-hybridized carbons (Fsp3) is 0.364. The van der Waals surface area contributed by atoms with E-state index in [-0.39, 0.29) is 11.8 Å². The number of carbonyl (C=O) groups is 2. The molecule has 2 amide bonds. The summed E-state index contributed by atoms with van der Waals surface area (Å²) in [4.78, 5) is 27.6. The minimum Gasteiger partial charge on any atom is -0.383 e. The van der Waals surface area contributed by atoms with Crippen LogP contribution < -0.4 is 5.32 Å². The third kappa shape index (κ3) is 6.22. The lowest BCUT2D eigenvalue weighted by molar-refractivity contribution is -0.141. The predicted molar refractivity (Wildman–Crippen MR) is 106 cm³/mol. The summed E-state index contributed by atoms with van der Waals surface area (Å²) >= 11 is 0. The molecule has 5 heteroatoms. The summed E-state index contributed by atoms with van der Waals surface area (Å²) in [5.41, 5.74) is 1.79. The maximum absolute atomic E-state index is 13.0. The molecule has 0 aromatic heterocycles. The van der Waals surface area contributed by atoms with Gasteiger partial charge in [-0.3, -0.25) is 9.59 Å². The van der Waals surface area contributed by atoms with E-state index in [4.69, 9.17) is 4.74 Å². The number of methoxy groups -OCH3 is 1. The van der Waals surface area contributed by atoms with Crippen molar-refractivity contribution in [2.75, 3.05) is 20.3 Å². The number of nitrogens with one attached hydrogen (secondary N) is 1. The zero-order valence-electron chi connectivity index (χ0n) is 16.1. The van der Waals surface area contributed by atoms with Crippen LogP contribution in [0.15, 0.2) is 60.7 Å². The largest absolute Gasteiger partial charge is 0.383 e. The predicted octanol–water partition coefficient (Wildman–Crippen LogP) is 3.32. The van der Waals surface area contributed by atoms with E-state index in [1.54, 1.807) is 12.0 Å². The maximum atomic E-state index is 13.0. The minimum atomic E-state index is -0.678. The van der Waals surface area contributed by atoms with Crippen LogP contribution in [0.2, 0.25) is 0 Å². The Morgan fingerprint density at radius 1 is 1.04 bits per heavy atom. The van der Waals surface area contributed by atoms with Gasteiger partial charge in [-0.05, 0) is 17.5 Å². The summed E-state index contributed by atoms with van der Waals surface area (Å²) in [7, 11) is 1.59. The SMILES string of the molecule is CCCC(=O)N(Cc1ccccc1)[C@H](C(=O)NCCOC)c1ccccc1. The monoisotopic (exact) mass is 368 g/mol. The van der Waals surface area contributed by atoms with Crippen LogP contribution >= 0.6 is 0 Å². The molecule has 27 heavy (non-hydrogen) atoms. The molecular formula is C22H28N2O3. The van der Waals surface area contributed by atoms with Gasteiger partial charge in [0.25, 0.3) is 0 Å². The summed E-state index contributed by atoms with van der Waals surface area (Å²) in [6.45, 7) is 3.18. The van der Waals surface area contributed by atoms with Crippen molar-refractivity contribution in [2.45, 2.75) is 32.4 Å². The Morgan fingerprint density at radius 2 is 1.67 bits per heavy atom. The van der Waals surface area contributed by atoms with Gasteiger partial charge < -0.3 is 15.0 Å². The molecule has 0 aliphatic carbocycles. The molecule has 0 heterocycles. The first kappa shape index (κ1) is 20.6. The average Bonchev–Trinajstić information content (AvgIpc) is 2.69. The molecular weight excluding hydrogens is 340 g/mol. The van der Waals surface area contributed by atoms with Gasteiger partial charge in [0.2, 0.25) is 11.8 Å². The maximum Gasteiger partial charge on any atom is 0.247 e. The van der Waals surface area contributed by atoms with Crippen molar-refractivity contribution >= 4 is 11.8 Å². The molecule has 0 radical (unpaired) electrons. The van der Waals surface area contributed by atoms with Gasteiger partial charge in [-0.1, -0.05) is 67.6 Å². The first-order valence-electron chi connectivity index (χ1n) is 9.32. The summed E-state index contributed by atoms with van der Waals surface area (Å²) in [5.74, 6) is -0.226. The van der Waals surface area contributed by atoms with Gasteiger partial charge in [0.1, 0.15) is 6.04 Å². The molecule has 2 aromatic carbocycles. The Labute approximate surface area is 161 Å². The zero-order valence-corrected chi connectivity index (χ0v) is 16.1. The van der Waals surface area contributed by atoms with E-state index < -0.39 is 6.04 Å². The molecule has 5 nitrogen and oxygen atoms in total. The second-order valence-electron chi connectivity index (χ2n) is 6.35. The number of amides is 2. The van der Waals surface area contributed by atoms with Gasteiger partial charge in [-0.2, -0.15) is 0 Å². The van der Waals surface area contributed by atoms with Crippen molar-refractivity contribution in [1.29, 1.82) is 0 Å². The molecule has 0 aliphatic heterocycles. The van der Waals surface area contributed by atoms with Crippen LogP contribution in [-0.2, 0) is 20.9 Å². The normalized spacial score (nSPS) is 11.6. The van der Waals surface area contributed by atoms with Gasteiger partial charge in [0, 0.05) is 26.6 Å². The van der Waals surface area contributed by atoms with Crippen LogP contribution in [0.25, 0.3) is 0 Å². The Hall–Kier alpha value is -2.66. The highest BCUT2D eigenvalue weighted by atomic mass is 16.5. The molecule has 0 aliphatic rings. The molecule has 0 saturated carbocycles. The van der Waals surface area contributed by atoms with E-state index in [0.29, 0.717) is 26.1 Å². The lowest BCUT2D eigenvalue weighted by atomic mass is 10.0. The van der Waals surface area contributed by atoms with Crippen molar-refractivity contribution in [3.63, 3.8) is 0 Å². The quantitative estimate of drug-likeness (QED) is 0.655. The lowest BCUT2D eigenvalue weighted by Crippen LogP contribution is -2.44. The summed E-state index contributed by atoms with van der Waals surface area (Å²) < 4.78 is 5.02. The lowest BCUT2D eigenvalue weighted by Gasteiger charge is -2.31. The molecule has 1 atom stereocenters. The van der Waals surface area contributed by atoms with E-state index in [0.717, 1.165) is 17.5 Å².